The molecule has 2 aromatic heterocycles. The van der Waals surface area contributed by atoms with E-state index in [1.807, 2.05) is 12.1 Å². The van der Waals surface area contributed by atoms with Crippen molar-refractivity contribution in [1.29, 1.82) is 0 Å². The standard InChI is InChI=1S/C25H25N3O7S2/c1-33-13-11-28(12-14-34-2)37(31,32)19-9-7-17(8-10-19)23(29)27-25-26-21(16-36-25)20-15-18-5-3-4-6-22(18)35-24(20)30/h3-10,15-16H,11-14H2,1-2H3,(H,26,27,29). The molecule has 0 radical (unpaired) electrons. The second-order valence-electron chi connectivity index (χ2n) is 7.89. The maximum atomic E-state index is 13.0. The Hall–Kier alpha value is -3.42. The monoisotopic (exact) mass is 543 g/mol. The van der Waals surface area contributed by atoms with Crippen LogP contribution in [0.5, 0.6) is 0 Å². The molecule has 1 N–H and O–H groups in total. The van der Waals surface area contributed by atoms with Crippen LogP contribution in [0, 0.1) is 0 Å². The smallest absolute Gasteiger partial charge is 0.345 e. The summed E-state index contributed by atoms with van der Waals surface area (Å²) < 4.78 is 42.7. The number of rotatable bonds is 11. The minimum Gasteiger partial charge on any atom is -0.422 e. The van der Waals surface area contributed by atoms with Crippen LogP contribution in [-0.2, 0) is 19.5 Å². The van der Waals surface area contributed by atoms with E-state index in [4.69, 9.17) is 13.9 Å². The van der Waals surface area contributed by atoms with Gasteiger partial charge in [-0.3, -0.25) is 10.1 Å². The Labute approximate surface area is 217 Å². The number of carbonyl (C=O) groups excluding carboxylic acids is 1. The first kappa shape index (κ1) is 26.6. The number of para-hydroxylation sites is 1. The highest BCUT2D eigenvalue weighted by Gasteiger charge is 2.24. The first-order valence-corrected chi connectivity index (χ1v) is 13.5. The van der Waals surface area contributed by atoms with Gasteiger partial charge in [-0.15, -0.1) is 11.3 Å². The van der Waals surface area contributed by atoms with Gasteiger partial charge in [-0.1, -0.05) is 18.2 Å². The molecule has 2 aromatic carbocycles. The zero-order valence-corrected chi connectivity index (χ0v) is 21.8. The van der Waals surface area contributed by atoms with Gasteiger partial charge >= 0.3 is 5.63 Å². The molecule has 12 heteroatoms. The number of fused-ring (bicyclic) bond motifs is 1. The van der Waals surface area contributed by atoms with Crippen molar-refractivity contribution < 1.29 is 27.1 Å². The van der Waals surface area contributed by atoms with Crippen LogP contribution in [0.3, 0.4) is 0 Å². The Bertz CT molecular complexity index is 1540. The lowest BCUT2D eigenvalue weighted by atomic mass is 10.1. The number of anilines is 1. The number of sulfonamides is 1. The summed E-state index contributed by atoms with van der Waals surface area (Å²) in [7, 11) is -0.808. The summed E-state index contributed by atoms with van der Waals surface area (Å²) in [6.45, 7) is 0.819. The van der Waals surface area contributed by atoms with Crippen molar-refractivity contribution in [3.63, 3.8) is 0 Å². The lowest BCUT2D eigenvalue weighted by molar-refractivity contribution is 0.102. The quantitative estimate of drug-likeness (QED) is 0.285. The highest BCUT2D eigenvalue weighted by molar-refractivity contribution is 7.89. The third kappa shape index (κ3) is 6.12. The van der Waals surface area contributed by atoms with Crippen molar-refractivity contribution in [3.05, 3.63) is 76.0 Å². The first-order valence-electron chi connectivity index (χ1n) is 11.2. The van der Waals surface area contributed by atoms with Crippen LogP contribution in [0.4, 0.5) is 5.13 Å². The molecule has 2 heterocycles. The number of hydrogen-bond donors (Lipinski definition) is 1. The molecule has 37 heavy (non-hydrogen) atoms. The molecule has 0 aliphatic carbocycles. The van der Waals surface area contributed by atoms with E-state index < -0.39 is 21.6 Å². The third-order valence-corrected chi connectivity index (χ3v) is 8.16. The van der Waals surface area contributed by atoms with Crippen molar-refractivity contribution in [1.82, 2.24) is 9.29 Å². The minimum absolute atomic E-state index is 0.0517. The van der Waals surface area contributed by atoms with Gasteiger partial charge in [0.25, 0.3) is 5.91 Å². The van der Waals surface area contributed by atoms with Gasteiger partial charge in [0.05, 0.1) is 29.4 Å². The van der Waals surface area contributed by atoms with Crippen LogP contribution in [0.1, 0.15) is 10.4 Å². The van der Waals surface area contributed by atoms with Crippen LogP contribution >= 0.6 is 11.3 Å². The van der Waals surface area contributed by atoms with Crippen LogP contribution < -0.4 is 10.9 Å². The molecule has 0 unspecified atom stereocenters. The number of amides is 1. The fourth-order valence-corrected chi connectivity index (χ4v) is 5.64. The van der Waals surface area contributed by atoms with Gasteiger partial charge in [-0.2, -0.15) is 4.31 Å². The zero-order valence-electron chi connectivity index (χ0n) is 20.2. The van der Waals surface area contributed by atoms with Crippen molar-refractivity contribution in [2.75, 3.05) is 45.8 Å². The maximum Gasteiger partial charge on any atom is 0.345 e. The Morgan fingerprint density at radius 2 is 1.73 bits per heavy atom. The Morgan fingerprint density at radius 3 is 2.41 bits per heavy atom. The summed E-state index contributed by atoms with van der Waals surface area (Å²) >= 11 is 1.16. The highest BCUT2D eigenvalue weighted by Crippen LogP contribution is 2.26. The number of nitrogens with one attached hydrogen (secondary N) is 1. The predicted molar refractivity (Wildman–Crippen MR) is 140 cm³/mol. The molecule has 10 nitrogen and oxygen atoms in total. The lowest BCUT2D eigenvalue weighted by Gasteiger charge is -2.21. The van der Waals surface area contributed by atoms with E-state index in [1.165, 1.54) is 42.8 Å². The van der Waals surface area contributed by atoms with Crippen molar-refractivity contribution in [2.24, 2.45) is 0 Å². The molecular formula is C25H25N3O7S2. The molecular weight excluding hydrogens is 518 g/mol. The minimum atomic E-state index is -3.80. The third-order valence-electron chi connectivity index (χ3n) is 5.49. The Kier molecular flexibility index (Phi) is 8.46. The predicted octanol–water partition coefficient (Wildman–Crippen LogP) is 3.45. The van der Waals surface area contributed by atoms with Gasteiger partial charge in [0.2, 0.25) is 10.0 Å². The molecule has 0 atom stereocenters. The number of hydrogen-bond acceptors (Lipinski definition) is 9. The van der Waals surface area contributed by atoms with Crippen molar-refractivity contribution >= 4 is 43.4 Å². The highest BCUT2D eigenvalue weighted by atomic mass is 32.2. The summed E-state index contributed by atoms with van der Waals surface area (Å²) in [6, 6.07) is 14.5. The second kappa shape index (κ2) is 11.8. The number of carbonyl (C=O) groups is 1. The van der Waals surface area contributed by atoms with E-state index in [1.54, 1.807) is 23.6 Å². The van der Waals surface area contributed by atoms with Crippen LogP contribution in [0.25, 0.3) is 22.2 Å². The van der Waals surface area contributed by atoms with E-state index in [2.05, 4.69) is 10.3 Å². The molecule has 0 aliphatic rings. The van der Waals surface area contributed by atoms with Crippen molar-refractivity contribution in [3.8, 4) is 11.3 Å². The second-order valence-corrected chi connectivity index (χ2v) is 10.7. The SMILES string of the molecule is COCCN(CCOC)S(=O)(=O)c1ccc(C(=O)Nc2nc(-c3cc4ccccc4oc3=O)cs2)cc1. The molecule has 0 saturated carbocycles. The average molecular weight is 544 g/mol. The van der Waals surface area contributed by atoms with Crippen molar-refractivity contribution in [2.45, 2.75) is 4.90 Å². The molecule has 4 aromatic rings. The summed E-state index contributed by atoms with van der Waals surface area (Å²) in [5.41, 5.74) is 0.876. The molecule has 0 saturated heterocycles. The molecule has 0 aliphatic heterocycles. The van der Waals surface area contributed by atoms with E-state index in [0.29, 0.717) is 11.3 Å². The van der Waals surface area contributed by atoms with Crippen LogP contribution in [0.2, 0.25) is 0 Å². The summed E-state index contributed by atoms with van der Waals surface area (Å²) in [5, 5.41) is 5.38. The van der Waals surface area contributed by atoms with Crippen LogP contribution in [-0.4, -0.2) is 64.1 Å². The number of ether oxygens (including phenoxy) is 2. The van der Waals surface area contributed by atoms with Gasteiger partial charge < -0.3 is 13.9 Å². The molecule has 194 valence electrons. The number of methoxy groups -OCH3 is 2. The van der Waals surface area contributed by atoms with E-state index in [0.717, 1.165) is 16.7 Å². The fraction of sp³-hybridized carbons (Fsp3) is 0.240. The lowest BCUT2D eigenvalue weighted by Crippen LogP contribution is -2.36. The van der Waals surface area contributed by atoms with Gasteiger partial charge in [0, 0.05) is 43.6 Å². The van der Waals surface area contributed by atoms with Crippen LogP contribution in [0.15, 0.2) is 74.1 Å². The Morgan fingerprint density at radius 1 is 1.05 bits per heavy atom. The van der Waals surface area contributed by atoms with Gasteiger partial charge in [-0.25, -0.2) is 18.2 Å². The zero-order chi connectivity index (χ0) is 26.4. The first-order chi connectivity index (χ1) is 17.8. The summed E-state index contributed by atoms with van der Waals surface area (Å²) in [4.78, 5) is 29.6. The molecule has 0 bridgehead atoms. The largest absolute Gasteiger partial charge is 0.422 e. The number of aromatic nitrogens is 1. The Balaban J connectivity index is 1.48. The van der Waals surface area contributed by atoms with E-state index >= 15 is 0 Å². The molecule has 4 rings (SSSR count). The topological polar surface area (TPSA) is 128 Å². The molecule has 0 fully saturated rings. The number of benzene rings is 2. The maximum absolute atomic E-state index is 13.0. The van der Waals surface area contributed by atoms with E-state index in [9.17, 15) is 18.0 Å². The molecule has 1 amide bonds. The number of thiazole rings is 1. The summed E-state index contributed by atoms with van der Waals surface area (Å²) in [5.74, 6) is -0.467. The fourth-order valence-electron chi connectivity index (χ4n) is 3.53. The van der Waals surface area contributed by atoms with Gasteiger partial charge in [0.1, 0.15) is 5.58 Å². The summed E-state index contributed by atoms with van der Waals surface area (Å²) in [6.07, 6.45) is 0. The molecule has 0 spiro atoms. The van der Waals surface area contributed by atoms with Gasteiger partial charge in [-0.05, 0) is 36.4 Å². The normalized spacial score (nSPS) is 11.8. The average Bonchev–Trinajstić information content (AvgIpc) is 3.36. The number of nitrogens with zero attached hydrogens (tertiary/aromatic N) is 2. The van der Waals surface area contributed by atoms with Gasteiger partial charge in [0.15, 0.2) is 5.13 Å². The van der Waals surface area contributed by atoms with E-state index in [-0.39, 0.29) is 47.5 Å².